The van der Waals surface area contributed by atoms with Crippen LogP contribution in [-0.2, 0) is 0 Å². The van der Waals surface area contributed by atoms with E-state index in [0.29, 0.717) is 0 Å². The third-order valence-electron chi connectivity index (χ3n) is 2.28. The van der Waals surface area contributed by atoms with Crippen molar-refractivity contribution in [2.45, 2.75) is 6.92 Å². The average Bonchev–Trinajstić information content (AvgIpc) is 2.51. The Labute approximate surface area is 78.2 Å². The quantitative estimate of drug-likeness (QED) is 0.701. The van der Waals surface area contributed by atoms with Crippen molar-refractivity contribution in [3.05, 3.63) is 30.0 Å². The molecule has 0 bridgehead atoms. The summed E-state index contributed by atoms with van der Waals surface area (Å²) in [6, 6.07) is 7.49. The minimum Gasteiger partial charge on any atom is -0.378 e. The fourth-order valence-electron chi connectivity index (χ4n) is 1.52. The lowest BCUT2D eigenvalue weighted by Gasteiger charge is -2.13. The number of benzene rings is 1. The van der Waals surface area contributed by atoms with Gasteiger partial charge < -0.3 is 9.88 Å². The van der Waals surface area contributed by atoms with Crippen LogP contribution in [0.5, 0.6) is 0 Å². The highest BCUT2D eigenvalue weighted by Gasteiger charge is 2.02. The number of hydrogen-bond donors (Lipinski definition) is 1. The molecule has 0 spiro atoms. The van der Waals surface area contributed by atoms with E-state index < -0.39 is 0 Å². The van der Waals surface area contributed by atoms with Crippen LogP contribution in [-0.4, -0.2) is 19.1 Å². The normalized spacial score (nSPS) is 10.7. The number of aromatic amines is 1. The van der Waals surface area contributed by atoms with Crippen LogP contribution < -0.4 is 4.90 Å². The van der Waals surface area contributed by atoms with Crippen molar-refractivity contribution in [2.24, 2.45) is 0 Å². The van der Waals surface area contributed by atoms with Crippen molar-refractivity contribution in [3.8, 4) is 0 Å². The summed E-state index contributed by atoms with van der Waals surface area (Å²) in [6.45, 7) is 2.11. The number of hydrogen-bond acceptors (Lipinski definition) is 1. The highest BCUT2D eigenvalue weighted by atomic mass is 15.1. The number of anilines is 1. The second-order valence-electron chi connectivity index (χ2n) is 3.51. The maximum Gasteiger partial charge on any atom is 0.0483 e. The van der Waals surface area contributed by atoms with Gasteiger partial charge in [0.1, 0.15) is 0 Å². The van der Waals surface area contributed by atoms with Crippen LogP contribution in [0, 0.1) is 13.0 Å². The molecule has 0 fully saturated rings. The summed E-state index contributed by atoms with van der Waals surface area (Å²) < 4.78 is 0. The second-order valence-corrected chi connectivity index (χ2v) is 3.51. The number of nitrogens with zero attached hydrogens (tertiary/aromatic N) is 1. The van der Waals surface area contributed by atoms with E-state index in [-0.39, 0.29) is 0 Å². The standard InChI is InChI=1S/C11H13N2/c1-8-6-9(13(2)3)7-11-10(8)4-5-12-11/h5-7,12H,1-3H3. The van der Waals surface area contributed by atoms with Gasteiger partial charge >= 0.3 is 0 Å². The zero-order valence-electron chi connectivity index (χ0n) is 8.18. The van der Waals surface area contributed by atoms with Gasteiger partial charge in [0.2, 0.25) is 0 Å². The lowest BCUT2D eigenvalue weighted by molar-refractivity contribution is 1.13. The van der Waals surface area contributed by atoms with Crippen LogP contribution in [0.4, 0.5) is 5.69 Å². The van der Waals surface area contributed by atoms with Gasteiger partial charge in [-0.2, -0.15) is 0 Å². The van der Waals surface area contributed by atoms with Gasteiger partial charge in [-0.05, 0) is 24.6 Å². The maximum atomic E-state index is 3.18. The van der Waals surface area contributed by atoms with Crippen molar-refractivity contribution in [3.63, 3.8) is 0 Å². The number of H-pyrrole nitrogens is 1. The zero-order valence-corrected chi connectivity index (χ0v) is 8.18. The molecular formula is C11H13N2. The van der Waals surface area contributed by atoms with E-state index in [0.717, 1.165) is 5.52 Å². The topological polar surface area (TPSA) is 19.0 Å². The first-order valence-electron chi connectivity index (χ1n) is 4.35. The number of nitrogens with one attached hydrogen (secondary N) is 1. The Balaban J connectivity index is 2.70. The molecule has 0 aliphatic heterocycles. The Kier molecular flexibility index (Phi) is 1.76. The van der Waals surface area contributed by atoms with Crippen LogP contribution in [0.3, 0.4) is 0 Å². The highest BCUT2D eigenvalue weighted by Crippen LogP contribution is 2.23. The van der Waals surface area contributed by atoms with Crippen molar-refractivity contribution < 1.29 is 0 Å². The molecule has 0 saturated heterocycles. The zero-order chi connectivity index (χ0) is 9.42. The summed E-state index contributed by atoms with van der Waals surface area (Å²) in [7, 11) is 4.10. The summed E-state index contributed by atoms with van der Waals surface area (Å²) in [5, 5.41) is 1.19. The summed E-state index contributed by atoms with van der Waals surface area (Å²) in [4.78, 5) is 5.28. The molecule has 2 heteroatoms. The fourth-order valence-corrected chi connectivity index (χ4v) is 1.52. The molecule has 0 aliphatic carbocycles. The summed E-state index contributed by atoms with van der Waals surface area (Å²) in [5.41, 5.74) is 3.65. The molecule has 1 aromatic carbocycles. The van der Waals surface area contributed by atoms with Gasteiger partial charge in [-0.15, -0.1) is 0 Å². The van der Waals surface area contributed by atoms with Crippen molar-refractivity contribution in [1.82, 2.24) is 4.98 Å². The Morgan fingerprint density at radius 1 is 1.31 bits per heavy atom. The predicted octanol–water partition coefficient (Wildman–Crippen LogP) is 2.34. The molecular weight excluding hydrogens is 160 g/mol. The molecule has 0 atom stereocenters. The Hall–Kier alpha value is -1.44. The minimum atomic E-state index is 1.16. The van der Waals surface area contributed by atoms with Crippen LogP contribution in [0.15, 0.2) is 18.3 Å². The van der Waals surface area contributed by atoms with Gasteiger partial charge in [0.05, 0.1) is 0 Å². The first-order valence-corrected chi connectivity index (χ1v) is 4.35. The molecule has 1 radical (unpaired) electrons. The van der Waals surface area contributed by atoms with Gasteiger partial charge in [0.15, 0.2) is 0 Å². The molecule has 2 aromatic rings. The van der Waals surface area contributed by atoms with Crippen LogP contribution >= 0.6 is 0 Å². The Morgan fingerprint density at radius 3 is 2.77 bits per heavy atom. The molecule has 67 valence electrons. The summed E-state index contributed by atoms with van der Waals surface area (Å²) in [5.74, 6) is 0. The van der Waals surface area contributed by atoms with Gasteiger partial charge in [0, 0.05) is 42.9 Å². The molecule has 1 N–H and O–H groups in total. The van der Waals surface area contributed by atoms with Crippen molar-refractivity contribution in [1.29, 1.82) is 0 Å². The molecule has 0 saturated carbocycles. The van der Waals surface area contributed by atoms with Gasteiger partial charge in [0.25, 0.3) is 0 Å². The fraction of sp³-hybridized carbons (Fsp3) is 0.273. The smallest absolute Gasteiger partial charge is 0.0483 e. The van der Waals surface area contributed by atoms with Crippen LogP contribution in [0.25, 0.3) is 10.9 Å². The van der Waals surface area contributed by atoms with E-state index in [9.17, 15) is 0 Å². The Morgan fingerprint density at radius 2 is 2.08 bits per heavy atom. The third-order valence-corrected chi connectivity index (χ3v) is 2.28. The monoisotopic (exact) mass is 173 g/mol. The second kappa shape index (κ2) is 2.80. The highest BCUT2D eigenvalue weighted by molar-refractivity contribution is 5.85. The van der Waals surface area contributed by atoms with E-state index in [2.05, 4.69) is 35.0 Å². The largest absolute Gasteiger partial charge is 0.378 e. The first-order chi connectivity index (χ1) is 6.18. The van der Waals surface area contributed by atoms with E-state index in [4.69, 9.17) is 0 Å². The predicted molar refractivity (Wildman–Crippen MR) is 56.2 cm³/mol. The minimum absolute atomic E-state index is 1.16. The summed E-state index contributed by atoms with van der Waals surface area (Å²) >= 11 is 0. The molecule has 1 heterocycles. The van der Waals surface area contributed by atoms with Crippen LogP contribution in [0.1, 0.15) is 5.56 Å². The van der Waals surface area contributed by atoms with Crippen molar-refractivity contribution >= 4 is 16.6 Å². The Bertz CT molecular complexity index is 427. The number of aryl methyl sites for hydroxylation is 1. The maximum absolute atomic E-state index is 3.18. The van der Waals surface area contributed by atoms with E-state index in [1.807, 2.05) is 20.3 Å². The molecule has 2 nitrogen and oxygen atoms in total. The third kappa shape index (κ3) is 1.28. The molecule has 0 aliphatic rings. The van der Waals surface area contributed by atoms with Crippen LogP contribution in [0.2, 0.25) is 0 Å². The van der Waals surface area contributed by atoms with Gasteiger partial charge in [-0.25, -0.2) is 0 Å². The summed E-state index contributed by atoms with van der Waals surface area (Å²) in [6.07, 6.45) is 1.86. The molecule has 1 aromatic heterocycles. The van der Waals surface area contributed by atoms with Gasteiger partial charge in [-0.1, -0.05) is 0 Å². The van der Waals surface area contributed by atoms with E-state index in [1.165, 1.54) is 16.6 Å². The van der Waals surface area contributed by atoms with E-state index >= 15 is 0 Å². The number of aromatic nitrogens is 1. The first kappa shape index (κ1) is 8.17. The van der Waals surface area contributed by atoms with Gasteiger partial charge in [-0.3, -0.25) is 0 Å². The molecule has 0 amide bonds. The average molecular weight is 173 g/mol. The molecule has 0 unspecified atom stereocenters. The SMILES string of the molecule is Cc1cc(N(C)C)cc2[nH]c[c]c12. The number of fused-ring (bicyclic) bond motifs is 1. The molecule has 2 rings (SSSR count). The lowest BCUT2D eigenvalue weighted by Crippen LogP contribution is -2.08. The lowest BCUT2D eigenvalue weighted by atomic mass is 10.1. The molecule has 13 heavy (non-hydrogen) atoms. The van der Waals surface area contributed by atoms with E-state index in [1.54, 1.807) is 0 Å². The number of rotatable bonds is 1. The van der Waals surface area contributed by atoms with Crippen molar-refractivity contribution in [2.75, 3.05) is 19.0 Å².